The molecule has 1 aliphatic rings. The number of rotatable bonds is 9. The summed E-state index contributed by atoms with van der Waals surface area (Å²) < 4.78 is 29.6. The first-order valence-corrected chi connectivity index (χ1v) is 13.7. The van der Waals surface area contributed by atoms with Crippen molar-refractivity contribution in [3.63, 3.8) is 0 Å². The number of aliphatic hydroxyl groups is 1. The second-order valence-corrected chi connectivity index (χ2v) is 10.3. The molecule has 4 atom stereocenters. The molecule has 9 heteroatoms. The number of aromatic nitrogens is 2. The molecule has 0 saturated carbocycles. The number of H-pyrrole nitrogens is 1. The number of fused-ring (bicyclic) bond motifs is 1. The lowest BCUT2D eigenvalue weighted by molar-refractivity contribution is -0.0832. The first kappa shape index (κ1) is 27.7. The van der Waals surface area contributed by atoms with Gasteiger partial charge in [-0.05, 0) is 59.5 Å². The number of methoxy groups -OCH3 is 2. The van der Waals surface area contributed by atoms with Gasteiger partial charge < -0.3 is 33.5 Å². The summed E-state index contributed by atoms with van der Waals surface area (Å²) in [5, 5.41) is 11.8. The van der Waals surface area contributed by atoms with Crippen LogP contribution in [0.4, 0.5) is 0 Å². The maximum atomic E-state index is 12.2. The Morgan fingerprint density at radius 3 is 2.40 bits per heavy atom. The van der Waals surface area contributed by atoms with Gasteiger partial charge in [0.05, 0.1) is 44.3 Å². The van der Waals surface area contributed by atoms with Crippen molar-refractivity contribution in [3.05, 3.63) is 124 Å². The number of benzene rings is 3. The Kier molecular flexibility index (Phi) is 7.55. The second kappa shape index (κ2) is 11.4. The monoisotopic (exact) mass is 568 g/mol. The quantitative estimate of drug-likeness (QED) is 0.238. The molecule has 1 fully saturated rings. The van der Waals surface area contributed by atoms with Gasteiger partial charge >= 0.3 is 5.69 Å². The van der Waals surface area contributed by atoms with E-state index in [1.807, 2.05) is 79.7 Å². The average molecular weight is 569 g/mol. The molecule has 5 aromatic rings. The number of furan rings is 1. The SMILES string of the molecule is COc1ccc(C(OC[C@H]2OC(c3[nH]c(=O)nc4occc34)C[C@H]2O)(c2ccccc2)c2ccc(OC)cc2C)cc1. The number of nitrogens with one attached hydrogen (secondary N) is 1. The van der Waals surface area contributed by atoms with Crippen LogP contribution < -0.4 is 15.2 Å². The summed E-state index contributed by atoms with van der Waals surface area (Å²) >= 11 is 0. The number of ether oxygens (including phenoxy) is 4. The lowest BCUT2D eigenvalue weighted by atomic mass is 9.78. The molecule has 42 heavy (non-hydrogen) atoms. The van der Waals surface area contributed by atoms with E-state index in [1.165, 1.54) is 6.26 Å². The normalized spacial score (nSPS) is 20.0. The molecule has 0 spiro atoms. The van der Waals surface area contributed by atoms with Crippen molar-refractivity contribution >= 4 is 11.1 Å². The molecule has 0 aliphatic carbocycles. The van der Waals surface area contributed by atoms with Crippen LogP contribution in [0.3, 0.4) is 0 Å². The van der Waals surface area contributed by atoms with Gasteiger partial charge in [-0.25, -0.2) is 4.79 Å². The number of nitrogens with zero attached hydrogens (tertiary/aromatic N) is 1. The number of aliphatic hydroxyl groups excluding tert-OH is 1. The van der Waals surface area contributed by atoms with Gasteiger partial charge in [0.25, 0.3) is 0 Å². The molecule has 2 aromatic heterocycles. The van der Waals surface area contributed by atoms with Crippen LogP contribution in [-0.4, -0.2) is 48.1 Å². The Hall–Kier alpha value is -4.44. The molecule has 2 N–H and O–H groups in total. The molecule has 216 valence electrons. The van der Waals surface area contributed by atoms with Crippen LogP contribution in [0.15, 0.2) is 94.3 Å². The molecule has 1 saturated heterocycles. The van der Waals surface area contributed by atoms with Gasteiger partial charge in [-0.1, -0.05) is 48.5 Å². The van der Waals surface area contributed by atoms with Crippen molar-refractivity contribution in [3.8, 4) is 11.5 Å². The smallest absolute Gasteiger partial charge is 0.348 e. The fourth-order valence-corrected chi connectivity index (χ4v) is 5.80. The third-order valence-electron chi connectivity index (χ3n) is 7.88. The summed E-state index contributed by atoms with van der Waals surface area (Å²) in [4.78, 5) is 18.8. The van der Waals surface area contributed by atoms with Gasteiger partial charge in [0.1, 0.15) is 29.3 Å². The van der Waals surface area contributed by atoms with Crippen LogP contribution in [-0.2, 0) is 15.1 Å². The van der Waals surface area contributed by atoms with E-state index in [1.54, 1.807) is 20.3 Å². The second-order valence-electron chi connectivity index (χ2n) is 10.3. The minimum atomic E-state index is -1.06. The maximum absolute atomic E-state index is 12.2. The Morgan fingerprint density at radius 1 is 0.976 bits per heavy atom. The van der Waals surface area contributed by atoms with Crippen molar-refractivity contribution in [1.29, 1.82) is 0 Å². The van der Waals surface area contributed by atoms with Crippen LogP contribution >= 0.6 is 0 Å². The van der Waals surface area contributed by atoms with E-state index >= 15 is 0 Å². The largest absolute Gasteiger partial charge is 0.497 e. The average Bonchev–Trinajstić information content (AvgIpc) is 3.64. The highest BCUT2D eigenvalue weighted by molar-refractivity contribution is 5.76. The van der Waals surface area contributed by atoms with E-state index in [2.05, 4.69) is 9.97 Å². The molecule has 9 nitrogen and oxygen atoms in total. The predicted molar refractivity (Wildman–Crippen MR) is 156 cm³/mol. The minimum Gasteiger partial charge on any atom is -0.497 e. The molecular formula is C33H32N2O7. The van der Waals surface area contributed by atoms with Gasteiger partial charge in [-0.3, -0.25) is 0 Å². The minimum absolute atomic E-state index is 0.0634. The molecular weight excluding hydrogens is 536 g/mol. The zero-order chi connectivity index (χ0) is 29.3. The highest BCUT2D eigenvalue weighted by Gasteiger charge is 2.43. The molecule has 6 rings (SSSR count). The fraction of sp³-hybridized carbons (Fsp3) is 0.273. The van der Waals surface area contributed by atoms with Gasteiger partial charge in [-0.15, -0.1) is 0 Å². The molecule has 0 bridgehead atoms. The Balaban J connectivity index is 1.41. The molecule has 2 unspecified atom stereocenters. The standard InChI is InChI=1S/C33H32N2O7/c1-20-17-24(39-3)13-14-26(20)33(21-7-5-4-6-8-21,22-9-11-23(38-2)12-10-22)41-19-29-27(36)18-28(42-29)30-25-15-16-40-31(25)35-32(37)34-30/h4-17,27-29,36H,18-19H2,1-3H3,(H,34,35,37)/t27-,28?,29-,33?/m1/s1. The molecule has 0 radical (unpaired) electrons. The molecule has 3 aromatic carbocycles. The van der Waals surface area contributed by atoms with E-state index in [-0.39, 0.29) is 18.7 Å². The third-order valence-corrected chi connectivity index (χ3v) is 7.88. The van der Waals surface area contributed by atoms with Gasteiger partial charge in [-0.2, -0.15) is 4.98 Å². The molecule has 0 amide bonds. The van der Waals surface area contributed by atoms with Crippen LogP contribution in [0.5, 0.6) is 11.5 Å². The number of aromatic amines is 1. The third kappa shape index (κ3) is 4.96. The number of hydrogen-bond donors (Lipinski definition) is 2. The first-order valence-electron chi connectivity index (χ1n) is 13.7. The summed E-state index contributed by atoms with van der Waals surface area (Å²) in [5.74, 6) is 1.46. The summed E-state index contributed by atoms with van der Waals surface area (Å²) in [5.41, 5.74) is 2.83. The predicted octanol–water partition coefficient (Wildman–Crippen LogP) is 5.04. The Bertz CT molecular complexity index is 1730. The highest BCUT2D eigenvalue weighted by Crippen LogP contribution is 2.44. The molecule has 3 heterocycles. The van der Waals surface area contributed by atoms with Crippen LogP contribution in [0.2, 0.25) is 0 Å². The van der Waals surface area contributed by atoms with E-state index in [0.29, 0.717) is 11.1 Å². The van der Waals surface area contributed by atoms with Gasteiger partial charge in [0, 0.05) is 6.42 Å². The summed E-state index contributed by atoms with van der Waals surface area (Å²) in [6, 6.07) is 25.4. The van der Waals surface area contributed by atoms with Gasteiger partial charge in [0.15, 0.2) is 0 Å². The van der Waals surface area contributed by atoms with Gasteiger partial charge in [0.2, 0.25) is 5.71 Å². The van der Waals surface area contributed by atoms with E-state index in [4.69, 9.17) is 23.4 Å². The fourth-order valence-electron chi connectivity index (χ4n) is 5.80. The first-order chi connectivity index (χ1) is 20.4. The summed E-state index contributed by atoms with van der Waals surface area (Å²) in [6.45, 7) is 2.09. The summed E-state index contributed by atoms with van der Waals surface area (Å²) in [7, 11) is 3.27. The lowest BCUT2D eigenvalue weighted by Crippen LogP contribution is -2.38. The van der Waals surface area contributed by atoms with Crippen LogP contribution in [0.25, 0.3) is 11.1 Å². The van der Waals surface area contributed by atoms with E-state index in [9.17, 15) is 9.90 Å². The lowest BCUT2D eigenvalue weighted by Gasteiger charge is -2.38. The van der Waals surface area contributed by atoms with E-state index in [0.717, 1.165) is 33.8 Å². The van der Waals surface area contributed by atoms with Crippen LogP contribution in [0.1, 0.15) is 40.5 Å². The zero-order valence-corrected chi connectivity index (χ0v) is 23.6. The van der Waals surface area contributed by atoms with Crippen molar-refractivity contribution in [2.75, 3.05) is 20.8 Å². The van der Waals surface area contributed by atoms with Crippen molar-refractivity contribution < 1.29 is 28.5 Å². The Labute approximate surface area is 242 Å². The Morgan fingerprint density at radius 2 is 1.69 bits per heavy atom. The highest BCUT2D eigenvalue weighted by atomic mass is 16.6. The zero-order valence-electron chi connectivity index (χ0n) is 23.6. The van der Waals surface area contributed by atoms with Crippen molar-refractivity contribution in [1.82, 2.24) is 9.97 Å². The number of aryl methyl sites for hydroxylation is 1. The van der Waals surface area contributed by atoms with Crippen molar-refractivity contribution in [2.24, 2.45) is 0 Å². The topological polar surface area (TPSA) is 116 Å². The maximum Gasteiger partial charge on any atom is 0.348 e. The van der Waals surface area contributed by atoms with E-state index < -0.39 is 29.6 Å². The van der Waals surface area contributed by atoms with Crippen LogP contribution in [0, 0.1) is 6.92 Å². The van der Waals surface area contributed by atoms with Crippen molar-refractivity contribution in [2.45, 2.75) is 37.3 Å². The number of hydrogen-bond acceptors (Lipinski definition) is 8. The molecule has 1 aliphatic heterocycles. The summed E-state index contributed by atoms with van der Waals surface area (Å²) in [6.07, 6.45) is -0.333.